The van der Waals surface area contributed by atoms with E-state index in [9.17, 15) is 13.2 Å². The van der Waals surface area contributed by atoms with Crippen LogP contribution in [0.25, 0.3) is 0 Å². The number of anilines is 1. The molecule has 0 aliphatic carbocycles. The molecule has 2 aromatic carbocycles. The monoisotopic (exact) mass is 331 g/mol. The van der Waals surface area contributed by atoms with Crippen LogP contribution in [0.2, 0.25) is 0 Å². The number of hydrogen-bond acceptors (Lipinski definition) is 3. The van der Waals surface area contributed by atoms with Gasteiger partial charge in [0.05, 0.1) is 10.6 Å². The summed E-state index contributed by atoms with van der Waals surface area (Å²) in [5, 5.41) is 2.77. The zero-order chi connectivity index (χ0) is 17.0. The Morgan fingerprint density at radius 1 is 0.957 bits per heavy atom. The topological polar surface area (TPSA) is 63.2 Å². The Morgan fingerprint density at radius 2 is 1.57 bits per heavy atom. The summed E-state index contributed by atoms with van der Waals surface area (Å²) in [4.78, 5) is 12.3. The first-order valence-electron chi connectivity index (χ1n) is 7.44. The van der Waals surface area contributed by atoms with Crippen molar-refractivity contribution in [1.82, 2.24) is 0 Å². The van der Waals surface area contributed by atoms with E-state index in [1.165, 1.54) is 0 Å². The van der Waals surface area contributed by atoms with Crippen LogP contribution in [-0.2, 0) is 14.6 Å². The molecule has 122 valence electrons. The summed E-state index contributed by atoms with van der Waals surface area (Å²) in [5.41, 5.74) is 3.78. The standard InChI is InChI=1S/C18H21NO3S/c1-13-4-7-16(8-5-13)23(21,22)11-10-18(20)19-17-9-6-14(2)12-15(17)3/h4-9,12H,10-11H2,1-3H3,(H,19,20). The number of rotatable bonds is 5. The fourth-order valence-electron chi connectivity index (χ4n) is 2.26. The minimum absolute atomic E-state index is 0.0659. The Hall–Kier alpha value is -2.14. The van der Waals surface area contributed by atoms with Crippen molar-refractivity contribution in [3.05, 3.63) is 59.2 Å². The molecule has 0 saturated carbocycles. The number of benzene rings is 2. The molecule has 0 saturated heterocycles. The van der Waals surface area contributed by atoms with Gasteiger partial charge in [-0.15, -0.1) is 0 Å². The lowest BCUT2D eigenvalue weighted by molar-refractivity contribution is -0.115. The average Bonchev–Trinajstić information content (AvgIpc) is 2.49. The first kappa shape index (κ1) is 17.2. The highest BCUT2D eigenvalue weighted by atomic mass is 32.2. The van der Waals surface area contributed by atoms with Crippen LogP contribution in [0, 0.1) is 20.8 Å². The van der Waals surface area contributed by atoms with E-state index < -0.39 is 9.84 Å². The quantitative estimate of drug-likeness (QED) is 0.913. The number of amides is 1. The second-order valence-corrected chi connectivity index (χ2v) is 7.86. The van der Waals surface area contributed by atoms with Crippen molar-refractivity contribution in [3.8, 4) is 0 Å². The van der Waals surface area contributed by atoms with E-state index in [4.69, 9.17) is 0 Å². The predicted molar refractivity (Wildman–Crippen MR) is 92.4 cm³/mol. The molecule has 0 fully saturated rings. The zero-order valence-electron chi connectivity index (χ0n) is 13.6. The molecule has 0 radical (unpaired) electrons. The van der Waals surface area contributed by atoms with Crippen LogP contribution in [0.3, 0.4) is 0 Å². The van der Waals surface area contributed by atoms with Gasteiger partial charge in [0.15, 0.2) is 9.84 Å². The largest absolute Gasteiger partial charge is 0.326 e. The Kier molecular flexibility index (Phi) is 5.21. The Labute approximate surface area is 137 Å². The second kappa shape index (κ2) is 6.96. The average molecular weight is 331 g/mol. The third kappa shape index (κ3) is 4.66. The third-order valence-corrected chi connectivity index (χ3v) is 5.37. The summed E-state index contributed by atoms with van der Waals surface area (Å²) < 4.78 is 24.5. The van der Waals surface area contributed by atoms with Crippen LogP contribution in [0.4, 0.5) is 5.69 Å². The van der Waals surface area contributed by atoms with Crippen molar-refractivity contribution >= 4 is 21.4 Å². The molecule has 0 aromatic heterocycles. The number of aryl methyl sites for hydroxylation is 3. The van der Waals surface area contributed by atoms with E-state index in [1.54, 1.807) is 24.3 Å². The molecule has 0 unspecified atom stereocenters. The molecule has 4 nitrogen and oxygen atoms in total. The van der Waals surface area contributed by atoms with Gasteiger partial charge in [0, 0.05) is 12.1 Å². The number of carbonyl (C=O) groups is 1. The summed E-state index contributed by atoms with van der Waals surface area (Å²) in [6.45, 7) is 5.78. The first-order chi connectivity index (χ1) is 10.8. The van der Waals surface area contributed by atoms with Crippen molar-refractivity contribution in [1.29, 1.82) is 0 Å². The van der Waals surface area contributed by atoms with E-state index in [2.05, 4.69) is 5.32 Å². The van der Waals surface area contributed by atoms with Crippen LogP contribution in [0.5, 0.6) is 0 Å². The molecule has 0 aliphatic heterocycles. The van der Waals surface area contributed by atoms with E-state index >= 15 is 0 Å². The van der Waals surface area contributed by atoms with Crippen molar-refractivity contribution < 1.29 is 13.2 Å². The van der Waals surface area contributed by atoms with E-state index in [1.807, 2.05) is 39.0 Å². The summed E-state index contributed by atoms with van der Waals surface area (Å²) >= 11 is 0. The van der Waals surface area contributed by atoms with Gasteiger partial charge in [-0.05, 0) is 44.5 Å². The van der Waals surface area contributed by atoms with Crippen LogP contribution in [0.1, 0.15) is 23.1 Å². The van der Waals surface area contributed by atoms with Gasteiger partial charge in [-0.25, -0.2) is 8.42 Å². The fourth-order valence-corrected chi connectivity index (χ4v) is 3.50. The SMILES string of the molecule is Cc1ccc(S(=O)(=O)CCC(=O)Nc2ccc(C)cc2C)cc1. The van der Waals surface area contributed by atoms with Crippen molar-refractivity contribution in [2.75, 3.05) is 11.1 Å². The molecule has 1 amide bonds. The van der Waals surface area contributed by atoms with Gasteiger partial charge in [0.1, 0.15) is 0 Å². The Morgan fingerprint density at radius 3 is 2.17 bits per heavy atom. The maximum absolute atomic E-state index is 12.2. The van der Waals surface area contributed by atoms with Crippen LogP contribution < -0.4 is 5.32 Å². The van der Waals surface area contributed by atoms with Crippen molar-refractivity contribution in [3.63, 3.8) is 0 Å². The lowest BCUT2D eigenvalue weighted by atomic mass is 10.1. The lowest BCUT2D eigenvalue weighted by Crippen LogP contribution is -2.18. The summed E-state index contributed by atoms with van der Waals surface area (Å²) in [7, 11) is -3.44. The predicted octanol–water partition coefficient (Wildman–Crippen LogP) is 3.41. The highest BCUT2D eigenvalue weighted by Gasteiger charge is 2.16. The number of sulfone groups is 1. The van der Waals surface area contributed by atoms with Gasteiger partial charge in [-0.3, -0.25) is 4.79 Å². The Bertz CT molecular complexity index is 809. The van der Waals surface area contributed by atoms with Crippen LogP contribution in [-0.4, -0.2) is 20.1 Å². The van der Waals surface area contributed by atoms with Crippen molar-refractivity contribution in [2.45, 2.75) is 32.1 Å². The third-order valence-electron chi connectivity index (χ3n) is 3.63. The normalized spacial score (nSPS) is 11.3. The molecule has 0 aliphatic rings. The molecule has 0 spiro atoms. The van der Waals surface area contributed by atoms with Gasteiger partial charge < -0.3 is 5.32 Å². The second-order valence-electron chi connectivity index (χ2n) is 5.75. The zero-order valence-corrected chi connectivity index (χ0v) is 14.4. The highest BCUT2D eigenvalue weighted by molar-refractivity contribution is 7.91. The molecule has 0 atom stereocenters. The first-order valence-corrected chi connectivity index (χ1v) is 9.10. The molecule has 2 rings (SSSR count). The highest BCUT2D eigenvalue weighted by Crippen LogP contribution is 2.17. The van der Waals surface area contributed by atoms with Gasteiger partial charge in [-0.1, -0.05) is 35.4 Å². The number of hydrogen-bond donors (Lipinski definition) is 1. The minimum atomic E-state index is -3.44. The summed E-state index contributed by atoms with van der Waals surface area (Å²) in [5.74, 6) is -0.500. The van der Waals surface area contributed by atoms with Gasteiger partial charge >= 0.3 is 0 Å². The Balaban J connectivity index is 1.99. The van der Waals surface area contributed by atoms with Gasteiger partial charge in [-0.2, -0.15) is 0 Å². The minimum Gasteiger partial charge on any atom is -0.326 e. The summed E-state index contributed by atoms with van der Waals surface area (Å²) in [6, 6.07) is 12.4. The maximum atomic E-state index is 12.2. The molecule has 2 aromatic rings. The molecule has 5 heteroatoms. The molecular formula is C18H21NO3S. The van der Waals surface area contributed by atoms with E-state index in [0.717, 1.165) is 16.7 Å². The van der Waals surface area contributed by atoms with Crippen LogP contribution >= 0.6 is 0 Å². The number of nitrogens with one attached hydrogen (secondary N) is 1. The lowest BCUT2D eigenvalue weighted by Gasteiger charge is -2.09. The molecule has 0 bridgehead atoms. The van der Waals surface area contributed by atoms with E-state index in [-0.39, 0.29) is 23.0 Å². The van der Waals surface area contributed by atoms with E-state index in [0.29, 0.717) is 5.69 Å². The fraction of sp³-hybridized carbons (Fsp3) is 0.278. The molecule has 23 heavy (non-hydrogen) atoms. The van der Waals surface area contributed by atoms with Crippen molar-refractivity contribution in [2.24, 2.45) is 0 Å². The molecule has 0 heterocycles. The summed E-state index contributed by atoms with van der Waals surface area (Å²) in [6.07, 6.45) is -0.0659. The maximum Gasteiger partial charge on any atom is 0.225 e. The van der Waals surface area contributed by atoms with Gasteiger partial charge in [0.25, 0.3) is 0 Å². The number of carbonyl (C=O) groups excluding carboxylic acids is 1. The smallest absolute Gasteiger partial charge is 0.225 e. The molecule has 1 N–H and O–H groups in total. The van der Waals surface area contributed by atoms with Crippen LogP contribution in [0.15, 0.2) is 47.4 Å². The van der Waals surface area contributed by atoms with Gasteiger partial charge in [0.2, 0.25) is 5.91 Å². The molecular weight excluding hydrogens is 310 g/mol.